The molecule has 0 saturated carbocycles. The second kappa shape index (κ2) is 8.42. The maximum atomic E-state index is 11.4. The highest BCUT2D eigenvalue weighted by molar-refractivity contribution is 6.31. The molecule has 0 aliphatic carbocycles. The van der Waals surface area contributed by atoms with Crippen LogP contribution in [-0.4, -0.2) is 10.9 Å². The van der Waals surface area contributed by atoms with Crippen molar-refractivity contribution in [3.63, 3.8) is 0 Å². The van der Waals surface area contributed by atoms with Crippen LogP contribution in [0.3, 0.4) is 0 Å². The second-order valence-corrected chi connectivity index (χ2v) is 6.78. The Hall–Kier alpha value is -2.88. The fourth-order valence-corrected chi connectivity index (χ4v) is 3.33. The summed E-state index contributed by atoms with van der Waals surface area (Å²) in [5.41, 5.74) is 5.58. The lowest BCUT2D eigenvalue weighted by atomic mass is 9.98. The van der Waals surface area contributed by atoms with E-state index in [1.807, 2.05) is 60.7 Å². The van der Waals surface area contributed by atoms with Crippen LogP contribution in [-0.2, 0) is 4.79 Å². The zero-order valence-electron chi connectivity index (χ0n) is 15.1. The number of anilines is 1. The van der Waals surface area contributed by atoms with Crippen LogP contribution < -0.4 is 17.7 Å². The standard InChI is InChI=1S/C23H17ClN2O.ClH/c1-15(27)25-19-9-5-8-17(12-19)23-14-20(16-6-3-2-4-7-16)21-13-18(24)10-11-22(21)26-23;/h2-14H,1H3,(H,25,27);1H/p-1. The Morgan fingerprint density at radius 1 is 0.893 bits per heavy atom. The zero-order chi connectivity index (χ0) is 18.8. The van der Waals surface area contributed by atoms with Crippen molar-refractivity contribution in [2.45, 2.75) is 6.92 Å². The zero-order valence-corrected chi connectivity index (χ0v) is 16.6. The van der Waals surface area contributed by atoms with Gasteiger partial charge in [0, 0.05) is 28.6 Å². The molecule has 28 heavy (non-hydrogen) atoms. The van der Waals surface area contributed by atoms with E-state index < -0.39 is 0 Å². The first kappa shape index (κ1) is 19.9. The molecule has 3 nitrogen and oxygen atoms in total. The van der Waals surface area contributed by atoms with E-state index in [4.69, 9.17) is 16.6 Å². The van der Waals surface area contributed by atoms with Crippen LogP contribution in [0, 0.1) is 0 Å². The molecule has 0 radical (unpaired) electrons. The summed E-state index contributed by atoms with van der Waals surface area (Å²) in [6, 6.07) is 25.7. The van der Waals surface area contributed by atoms with Gasteiger partial charge in [-0.1, -0.05) is 54.1 Å². The predicted molar refractivity (Wildman–Crippen MR) is 112 cm³/mol. The van der Waals surface area contributed by atoms with E-state index in [0.717, 1.165) is 39.0 Å². The Labute approximate surface area is 174 Å². The minimum absolute atomic E-state index is 0. The number of hydrogen-bond donors (Lipinski definition) is 1. The van der Waals surface area contributed by atoms with Crippen LogP contribution in [0.15, 0.2) is 78.9 Å². The van der Waals surface area contributed by atoms with Crippen LogP contribution in [0.2, 0.25) is 5.02 Å². The molecule has 0 bridgehead atoms. The van der Waals surface area contributed by atoms with Gasteiger partial charge in [-0.2, -0.15) is 0 Å². The lowest BCUT2D eigenvalue weighted by Crippen LogP contribution is -3.00. The van der Waals surface area contributed by atoms with Gasteiger partial charge in [0.2, 0.25) is 5.91 Å². The third-order valence-electron chi connectivity index (χ3n) is 4.33. The number of hydrogen-bond acceptors (Lipinski definition) is 2. The van der Waals surface area contributed by atoms with Crippen molar-refractivity contribution in [1.82, 2.24) is 4.98 Å². The third-order valence-corrected chi connectivity index (χ3v) is 4.57. The Kier molecular flexibility index (Phi) is 5.98. The van der Waals surface area contributed by atoms with E-state index in [-0.39, 0.29) is 18.3 Å². The average Bonchev–Trinajstić information content (AvgIpc) is 2.67. The molecule has 3 aromatic carbocycles. The lowest BCUT2D eigenvalue weighted by molar-refractivity contribution is -0.114. The van der Waals surface area contributed by atoms with Gasteiger partial charge in [0.25, 0.3) is 0 Å². The largest absolute Gasteiger partial charge is 1.00 e. The number of nitrogens with one attached hydrogen (secondary N) is 1. The molecule has 0 saturated heterocycles. The van der Waals surface area contributed by atoms with Gasteiger partial charge < -0.3 is 17.7 Å². The van der Waals surface area contributed by atoms with Crippen molar-refractivity contribution in [2.24, 2.45) is 0 Å². The van der Waals surface area contributed by atoms with Gasteiger partial charge in [-0.25, -0.2) is 4.98 Å². The first-order chi connectivity index (χ1) is 13.1. The predicted octanol–water partition coefficient (Wildman–Crippen LogP) is 3.18. The summed E-state index contributed by atoms with van der Waals surface area (Å²) in [7, 11) is 0. The number of aromatic nitrogens is 1. The summed E-state index contributed by atoms with van der Waals surface area (Å²) in [6.07, 6.45) is 0. The van der Waals surface area contributed by atoms with Crippen LogP contribution in [0.25, 0.3) is 33.3 Å². The molecule has 4 rings (SSSR count). The fraction of sp³-hybridized carbons (Fsp3) is 0.0435. The van der Waals surface area contributed by atoms with Gasteiger partial charge >= 0.3 is 0 Å². The van der Waals surface area contributed by atoms with Gasteiger partial charge in [-0.3, -0.25) is 4.79 Å². The summed E-state index contributed by atoms with van der Waals surface area (Å²) >= 11 is 6.24. The van der Waals surface area contributed by atoms with Gasteiger partial charge in [0.1, 0.15) is 0 Å². The molecule has 1 heterocycles. The first-order valence-electron chi connectivity index (χ1n) is 8.64. The molecule has 1 amide bonds. The summed E-state index contributed by atoms with van der Waals surface area (Å²) in [5.74, 6) is -0.0989. The number of fused-ring (bicyclic) bond motifs is 1. The molecule has 140 valence electrons. The molecule has 4 aromatic rings. The quantitative estimate of drug-likeness (QED) is 0.566. The van der Waals surface area contributed by atoms with Crippen molar-refractivity contribution < 1.29 is 17.2 Å². The second-order valence-electron chi connectivity index (χ2n) is 6.34. The van der Waals surface area contributed by atoms with E-state index >= 15 is 0 Å². The normalized spacial score (nSPS) is 10.4. The molecule has 1 aromatic heterocycles. The molecule has 0 unspecified atom stereocenters. The van der Waals surface area contributed by atoms with Crippen LogP contribution in [0.1, 0.15) is 6.92 Å². The SMILES string of the molecule is CC(=O)Nc1cccc(-c2cc(-c3ccccc3)c3cc(Cl)ccc3n2)c1.[Cl-]. The molecule has 0 fully saturated rings. The van der Waals surface area contributed by atoms with Crippen LogP contribution in [0.5, 0.6) is 0 Å². The first-order valence-corrected chi connectivity index (χ1v) is 9.02. The molecule has 0 aliphatic heterocycles. The number of pyridine rings is 1. The fourth-order valence-electron chi connectivity index (χ4n) is 3.16. The number of carbonyl (C=O) groups excluding carboxylic acids is 1. The van der Waals surface area contributed by atoms with Crippen molar-refractivity contribution >= 4 is 34.1 Å². The third kappa shape index (κ3) is 4.16. The topological polar surface area (TPSA) is 42.0 Å². The number of nitrogens with zero attached hydrogens (tertiary/aromatic N) is 1. The smallest absolute Gasteiger partial charge is 0.221 e. The minimum Gasteiger partial charge on any atom is -1.00 e. The highest BCUT2D eigenvalue weighted by Gasteiger charge is 2.11. The number of benzene rings is 3. The number of halogens is 2. The molecular formula is C23H17Cl2N2O-. The van der Waals surface area contributed by atoms with Crippen molar-refractivity contribution in [3.05, 3.63) is 83.9 Å². The maximum absolute atomic E-state index is 11.4. The van der Waals surface area contributed by atoms with E-state index in [0.29, 0.717) is 5.02 Å². The Morgan fingerprint density at radius 3 is 2.39 bits per heavy atom. The van der Waals surface area contributed by atoms with Crippen molar-refractivity contribution in [3.8, 4) is 22.4 Å². The van der Waals surface area contributed by atoms with Gasteiger partial charge in [0.05, 0.1) is 11.2 Å². The number of carbonyl (C=O) groups is 1. The number of rotatable bonds is 3. The molecule has 5 heteroatoms. The highest BCUT2D eigenvalue weighted by Crippen LogP contribution is 2.34. The molecule has 0 aliphatic rings. The van der Waals surface area contributed by atoms with Gasteiger partial charge in [0.15, 0.2) is 0 Å². The monoisotopic (exact) mass is 407 g/mol. The Bertz CT molecular complexity index is 1140. The lowest BCUT2D eigenvalue weighted by Gasteiger charge is -2.12. The maximum Gasteiger partial charge on any atom is 0.221 e. The number of amides is 1. The molecule has 1 N–H and O–H groups in total. The van der Waals surface area contributed by atoms with E-state index in [9.17, 15) is 4.79 Å². The van der Waals surface area contributed by atoms with E-state index in [1.165, 1.54) is 6.92 Å². The van der Waals surface area contributed by atoms with Crippen molar-refractivity contribution in [1.29, 1.82) is 0 Å². The summed E-state index contributed by atoms with van der Waals surface area (Å²) in [5, 5.41) is 4.51. The molecule has 0 spiro atoms. The van der Waals surface area contributed by atoms with Crippen LogP contribution in [0.4, 0.5) is 5.69 Å². The summed E-state index contributed by atoms with van der Waals surface area (Å²) in [6.45, 7) is 1.50. The molecular weight excluding hydrogens is 391 g/mol. The van der Waals surface area contributed by atoms with E-state index in [1.54, 1.807) is 0 Å². The van der Waals surface area contributed by atoms with E-state index in [2.05, 4.69) is 23.5 Å². The Balaban J connectivity index is 0.00000225. The van der Waals surface area contributed by atoms with Gasteiger partial charge in [-0.15, -0.1) is 0 Å². The molecule has 0 atom stereocenters. The van der Waals surface area contributed by atoms with Crippen molar-refractivity contribution in [2.75, 3.05) is 5.32 Å². The summed E-state index contributed by atoms with van der Waals surface area (Å²) in [4.78, 5) is 16.2. The summed E-state index contributed by atoms with van der Waals surface area (Å²) < 4.78 is 0. The average molecular weight is 408 g/mol. The van der Waals surface area contributed by atoms with Gasteiger partial charge in [-0.05, 0) is 47.5 Å². The minimum atomic E-state index is -0.0989. The highest BCUT2D eigenvalue weighted by atomic mass is 35.5. The Morgan fingerprint density at radius 2 is 1.64 bits per heavy atom. The van der Waals surface area contributed by atoms with Crippen LogP contribution >= 0.6 is 11.6 Å².